The van der Waals surface area contributed by atoms with Crippen LogP contribution in [-0.2, 0) is 6.42 Å². The van der Waals surface area contributed by atoms with E-state index < -0.39 is 0 Å². The number of methoxy groups -OCH3 is 1. The van der Waals surface area contributed by atoms with Gasteiger partial charge >= 0.3 is 0 Å². The maximum Gasteiger partial charge on any atom is 0.162 e. The van der Waals surface area contributed by atoms with Crippen molar-refractivity contribution in [3.05, 3.63) is 72.8 Å². The molecule has 0 aliphatic carbocycles. The molecule has 0 saturated carbocycles. The standard InChI is InChI=1S/C22H22N6O/c1-29-19-14-25-13-18-20(19)22(28-21(27-18)16-7-9-24-10-8-16)26-12-17(23)11-15-5-3-2-4-6-15/h2-10,13-14,17H,11-12,23H2,1H3,(H,26,27,28). The Labute approximate surface area is 169 Å². The van der Waals surface area contributed by atoms with Gasteiger partial charge in [0.25, 0.3) is 0 Å². The van der Waals surface area contributed by atoms with Gasteiger partial charge in [-0.15, -0.1) is 0 Å². The van der Waals surface area contributed by atoms with Gasteiger partial charge in [-0.25, -0.2) is 9.97 Å². The molecule has 1 aromatic carbocycles. The van der Waals surface area contributed by atoms with E-state index in [0.29, 0.717) is 29.5 Å². The van der Waals surface area contributed by atoms with Gasteiger partial charge < -0.3 is 15.8 Å². The molecule has 3 heterocycles. The van der Waals surface area contributed by atoms with Gasteiger partial charge in [-0.05, 0) is 24.1 Å². The SMILES string of the molecule is COc1cncc2nc(-c3ccncc3)nc(NCC(N)Cc3ccccc3)c12. The third-order valence-corrected chi connectivity index (χ3v) is 4.60. The quantitative estimate of drug-likeness (QED) is 0.503. The molecule has 4 rings (SSSR count). The van der Waals surface area contributed by atoms with Crippen molar-refractivity contribution in [3.63, 3.8) is 0 Å². The highest BCUT2D eigenvalue weighted by molar-refractivity contribution is 5.95. The number of nitrogens with one attached hydrogen (secondary N) is 1. The molecule has 4 aromatic rings. The summed E-state index contributed by atoms with van der Waals surface area (Å²) in [6, 6.07) is 13.9. The van der Waals surface area contributed by atoms with Crippen molar-refractivity contribution < 1.29 is 4.74 Å². The van der Waals surface area contributed by atoms with Crippen LogP contribution >= 0.6 is 0 Å². The van der Waals surface area contributed by atoms with Crippen LogP contribution in [0, 0.1) is 0 Å². The Hall–Kier alpha value is -3.58. The Morgan fingerprint density at radius 2 is 1.79 bits per heavy atom. The van der Waals surface area contributed by atoms with Gasteiger partial charge in [0.05, 0.1) is 30.4 Å². The lowest BCUT2D eigenvalue weighted by Crippen LogP contribution is -2.31. The van der Waals surface area contributed by atoms with Crippen molar-refractivity contribution >= 4 is 16.7 Å². The van der Waals surface area contributed by atoms with Crippen molar-refractivity contribution in [1.29, 1.82) is 0 Å². The fraction of sp³-hybridized carbons (Fsp3) is 0.182. The van der Waals surface area contributed by atoms with Crippen LogP contribution in [0.15, 0.2) is 67.3 Å². The number of nitrogens with zero attached hydrogens (tertiary/aromatic N) is 4. The van der Waals surface area contributed by atoms with Gasteiger partial charge in [-0.2, -0.15) is 0 Å². The predicted octanol–water partition coefficient (Wildman–Crippen LogP) is 3.08. The van der Waals surface area contributed by atoms with Crippen molar-refractivity contribution in [2.75, 3.05) is 19.0 Å². The fourth-order valence-corrected chi connectivity index (χ4v) is 3.18. The highest BCUT2D eigenvalue weighted by atomic mass is 16.5. The second-order valence-corrected chi connectivity index (χ2v) is 6.70. The minimum Gasteiger partial charge on any atom is -0.494 e. The molecule has 0 aliphatic rings. The molecule has 1 unspecified atom stereocenters. The first-order valence-electron chi connectivity index (χ1n) is 9.38. The monoisotopic (exact) mass is 386 g/mol. The number of ether oxygens (including phenoxy) is 1. The van der Waals surface area contributed by atoms with Gasteiger partial charge in [-0.3, -0.25) is 9.97 Å². The zero-order valence-electron chi connectivity index (χ0n) is 16.1. The summed E-state index contributed by atoms with van der Waals surface area (Å²) in [5, 5.41) is 4.18. The third-order valence-electron chi connectivity index (χ3n) is 4.60. The van der Waals surface area contributed by atoms with E-state index in [9.17, 15) is 0 Å². The molecule has 7 nitrogen and oxygen atoms in total. The first kappa shape index (κ1) is 18.8. The normalized spacial score (nSPS) is 11.9. The van der Waals surface area contributed by atoms with E-state index in [1.54, 1.807) is 31.9 Å². The summed E-state index contributed by atoms with van der Waals surface area (Å²) in [4.78, 5) is 17.7. The van der Waals surface area contributed by atoms with Crippen molar-refractivity contribution in [1.82, 2.24) is 19.9 Å². The highest BCUT2D eigenvalue weighted by Gasteiger charge is 2.15. The average molecular weight is 386 g/mol. The summed E-state index contributed by atoms with van der Waals surface area (Å²) in [5.41, 5.74) is 9.14. The Morgan fingerprint density at radius 3 is 2.55 bits per heavy atom. The van der Waals surface area contributed by atoms with Crippen molar-refractivity contribution in [3.8, 4) is 17.1 Å². The maximum atomic E-state index is 6.36. The van der Waals surface area contributed by atoms with Gasteiger partial charge in [0, 0.05) is 30.5 Å². The number of hydrogen-bond donors (Lipinski definition) is 2. The Morgan fingerprint density at radius 1 is 1.00 bits per heavy atom. The second-order valence-electron chi connectivity index (χ2n) is 6.70. The molecule has 3 aromatic heterocycles. The number of anilines is 1. The van der Waals surface area contributed by atoms with E-state index in [4.69, 9.17) is 15.5 Å². The second kappa shape index (κ2) is 8.62. The van der Waals surface area contributed by atoms with Crippen LogP contribution in [0.25, 0.3) is 22.3 Å². The van der Waals surface area contributed by atoms with Crippen LogP contribution in [0.5, 0.6) is 5.75 Å². The van der Waals surface area contributed by atoms with E-state index in [1.807, 2.05) is 30.3 Å². The number of nitrogens with two attached hydrogens (primary N) is 1. The number of pyridine rings is 2. The van der Waals surface area contributed by atoms with E-state index in [1.165, 1.54) is 5.56 Å². The largest absolute Gasteiger partial charge is 0.494 e. The molecule has 0 aliphatic heterocycles. The number of hydrogen-bond acceptors (Lipinski definition) is 7. The highest BCUT2D eigenvalue weighted by Crippen LogP contribution is 2.31. The van der Waals surface area contributed by atoms with Crippen LogP contribution in [0.3, 0.4) is 0 Å². The number of fused-ring (bicyclic) bond motifs is 1. The maximum absolute atomic E-state index is 6.36. The minimum absolute atomic E-state index is 0.0698. The Bertz CT molecular complexity index is 1090. The number of rotatable bonds is 7. The molecule has 0 fully saturated rings. The van der Waals surface area contributed by atoms with Crippen molar-refractivity contribution in [2.45, 2.75) is 12.5 Å². The average Bonchev–Trinajstić information content (AvgIpc) is 2.78. The minimum atomic E-state index is -0.0698. The third kappa shape index (κ3) is 4.30. The first-order valence-corrected chi connectivity index (χ1v) is 9.38. The summed E-state index contributed by atoms with van der Waals surface area (Å²) in [5.74, 6) is 1.88. The molecule has 7 heteroatoms. The Kier molecular flexibility index (Phi) is 5.58. The lowest BCUT2D eigenvalue weighted by molar-refractivity contribution is 0.418. The summed E-state index contributed by atoms with van der Waals surface area (Å²) < 4.78 is 5.49. The molecule has 0 radical (unpaired) electrons. The van der Waals surface area contributed by atoms with E-state index in [2.05, 4.69) is 32.4 Å². The molecule has 0 amide bonds. The lowest BCUT2D eigenvalue weighted by Gasteiger charge is -2.16. The van der Waals surface area contributed by atoms with Crippen LogP contribution in [0.1, 0.15) is 5.56 Å². The zero-order valence-corrected chi connectivity index (χ0v) is 16.1. The molecule has 1 atom stereocenters. The van der Waals surface area contributed by atoms with E-state index in [0.717, 1.165) is 17.4 Å². The number of aromatic nitrogens is 4. The van der Waals surface area contributed by atoms with Crippen molar-refractivity contribution in [2.24, 2.45) is 5.73 Å². The predicted molar refractivity (Wildman–Crippen MR) is 114 cm³/mol. The van der Waals surface area contributed by atoms with Crippen LogP contribution in [0.4, 0.5) is 5.82 Å². The topological polar surface area (TPSA) is 98.8 Å². The molecule has 0 bridgehead atoms. The molecule has 3 N–H and O–H groups in total. The van der Waals surface area contributed by atoms with E-state index in [-0.39, 0.29) is 6.04 Å². The summed E-state index contributed by atoms with van der Waals surface area (Å²) in [7, 11) is 1.61. The lowest BCUT2D eigenvalue weighted by atomic mass is 10.1. The van der Waals surface area contributed by atoms with Gasteiger partial charge in [0.1, 0.15) is 11.6 Å². The number of benzene rings is 1. The van der Waals surface area contributed by atoms with Crippen LogP contribution in [-0.4, -0.2) is 39.6 Å². The smallest absolute Gasteiger partial charge is 0.162 e. The molecular weight excluding hydrogens is 364 g/mol. The fourth-order valence-electron chi connectivity index (χ4n) is 3.18. The molecule has 0 saturated heterocycles. The molecule has 146 valence electrons. The summed E-state index contributed by atoms with van der Waals surface area (Å²) in [6.45, 7) is 0.558. The first-order chi connectivity index (χ1) is 14.2. The van der Waals surface area contributed by atoms with Gasteiger partial charge in [-0.1, -0.05) is 30.3 Å². The Balaban J connectivity index is 1.65. The van der Waals surface area contributed by atoms with Crippen LogP contribution in [0.2, 0.25) is 0 Å². The summed E-state index contributed by atoms with van der Waals surface area (Å²) in [6.07, 6.45) is 7.57. The zero-order chi connectivity index (χ0) is 20.1. The van der Waals surface area contributed by atoms with Crippen LogP contribution < -0.4 is 15.8 Å². The molecule has 29 heavy (non-hydrogen) atoms. The van der Waals surface area contributed by atoms with Gasteiger partial charge in [0.2, 0.25) is 0 Å². The molecular formula is C22H22N6O. The molecule has 0 spiro atoms. The summed E-state index contributed by atoms with van der Waals surface area (Å²) >= 11 is 0. The van der Waals surface area contributed by atoms with Gasteiger partial charge in [0.15, 0.2) is 5.82 Å². The van der Waals surface area contributed by atoms with E-state index >= 15 is 0 Å².